The molecule has 0 fully saturated rings. The largest absolute Gasteiger partial charge is 0.397 e. The van der Waals surface area contributed by atoms with Crippen molar-refractivity contribution in [1.82, 2.24) is 0 Å². The molecule has 18 heavy (non-hydrogen) atoms. The van der Waals surface area contributed by atoms with Crippen molar-refractivity contribution in [3.8, 4) is 0 Å². The van der Waals surface area contributed by atoms with E-state index in [0.717, 1.165) is 0 Å². The molecule has 1 aromatic rings. The van der Waals surface area contributed by atoms with Crippen LogP contribution in [0.3, 0.4) is 0 Å². The van der Waals surface area contributed by atoms with Gasteiger partial charge in [0.1, 0.15) is 0 Å². The van der Waals surface area contributed by atoms with Gasteiger partial charge in [-0.3, -0.25) is 0 Å². The van der Waals surface area contributed by atoms with Crippen molar-refractivity contribution in [2.24, 2.45) is 5.14 Å². The third-order valence-electron chi connectivity index (χ3n) is 2.33. The van der Waals surface area contributed by atoms with Crippen LogP contribution < -0.4 is 16.2 Å². The molecule has 102 valence electrons. The second kappa shape index (κ2) is 6.03. The molecule has 1 atom stereocenters. The molecule has 0 aliphatic heterocycles. The number of benzene rings is 1. The summed E-state index contributed by atoms with van der Waals surface area (Å²) < 4.78 is 27.5. The number of nitrogen functional groups attached to an aromatic ring is 1. The monoisotopic (exact) mass is 273 g/mol. The van der Waals surface area contributed by atoms with E-state index in [9.17, 15) is 8.42 Å². The van der Waals surface area contributed by atoms with E-state index < -0.39 is 10.0 Å². The zero-order chi connectivity index (χ0) is 13.8. The summed E-state index contributed by atoms with van der Waals surface area (Å²) in [6.07, 6.45) is 0. The van der Waals surface area contributed by atoms with Gasteiger partial charge in [-0.25, -0.2) is 13.6 Å². The zero-order valence-corrected chi connectivity index (χ0v) is 11.3. The number of primary sulfonamides is 1. The highest BCUT2D eigenvalue weighted by Crippen LogP contribution is 2.22. The molecule has 0 saturated heterocycles. The van der Waals surface area contributed by atoms with Gasteiger partial charge in [0.25, 0.3) is 0 Å². The molecule has 1 unspecified atom stereocenters. The van der Waals surface area contributed by atoms with Crippen molar-refractivity contribution in [2.45, 2.75) is 24.8 Å². The van der Waals surface area contributed by atoms with Crippen LogP contribution in [0.15, 0.2) is 23.1 Å². The minimum absolute atomic E-state index is 0.00279. The van der Waals surface area contributed by atoms with Crippen LogP contribution in [0.25, 0.3) is 0 Å². The van der Waals surface area contributed by atoms with Crippen LogP contribution in [-0.4, -0.2) is 27.7 Å². The van der Waals surface area contributed by atoms with Crippen LogP contribution in [0.2, 0.25) is 0 Å². The van der Waals surface area contributed by atoms with Crippen LogP contribution in [0.5, 0.6) is 0 Å². The molecule has 6 nitrogen and oxygen atoms in total. The van der Waals surface area contributed by atoms with E-state index in [1.54, 1.807) is 6.07 Å². The Kier molecular flexibility index (Phi) is 4.94. The highest BCUT2D eigenvalue weighted by molar-refractivity contribution is 7.89. The molecule has 0 radical (unpaired) electrons. The van der Waals surface area contributed by atoms with Gasteiger partial charge in [-0.15, -0.1) is 0 Å². The molecule has 5 N–H and O–H groups in total. The Labute approximate surface area is 107 Å². The minimum Gasteiger partial charge on any atom is -0.397 e. The van der Waals surface area contributed by atoms with Crippen LogP contribution >= 0.6 is 0 Å². The predicted molar refractivity (Wildman–Crippen MR) is 71.8 cm³/mol. The Morgan fingerprint density at radius 2 is 2.11 bits per heavy atom. The average molecular weight is 273 g/mol. The maximum atomic E-state index is 11.1. The highest BCUT2D eigenvalue weighted by atomic mass is 32.2. The molecule has 1 aromatic carbocycles. The van der Waals surface area contributed by atoms with Crippen molar-refractivity contribution < 1.29 is 13.2 Å². The van der Waals surface area contributed by atoms with Gasteiger partial charge in [-0.2, -0.15) is 0 Å². The number of hydrogen-bond donors (Lipinski definition) is 3. The number of sulfonamides is 1. The standard InChI is InChI=1S/C11H19N3O3S/c1-3-17-7-8(2)14-11-5-4-9(6-10(11)12)18(13,15)16/h4-6,8,14H,3,7,12H2,1-2H3,(H2,13,15,16). The van der Waals surface area contributed by atoms with E-state index in [1.165, 1.54) is 12.1 Å². The Morgan fingerprint density at radius 1 is 1.44 bits per heavy atom. The van der Waals surface area contributed by atoms with Crippen molar-refractivity contribution in [3.05, 3.63) is 18.2 Å². The second-order valence-corrected chi connectivity index (χ2v) is 5.56. The SMILES string of the molecule is CCOCC(C)Nc1ccc(S(N)(=O)=O)cc1N. The number of nitrogens with one attached hydrogen (secondary N) is 1. The number of anilines is 2. The third kappa shape index (κ3) is 4.17. The minimum atomic E-state index is -3.72. The first-order valence-electron chi connectivity index (χ1n) is 5.61. The maximum Gasteiger partial charge on any atom is 0.238 e. The zero-order valence-electron chi connectivity index (χ0n) is 10.5. The summed E-state index contributed by atoms with van der Waals surface area (Å²) in [6.45, 7) is 5.06. The quantitative estimate of drug-likeness (QED) is 0.663. The normalized spacial score (nSPS) is 13.3. The molecule has 0 saturated carbocycles. The summed E-state index contributed by atoms with van der Waals surface area (Å²) in [5.74, 6) is 0. The molecular formula is C11H19N3O3S. The second-order valence-electron chi connectivity index (χ2n) is 4.00. The van der Waals surface area contributed by atoms with Gasteiger partial charge in [0, 0.05) is 12.6 Å². The fourth-order valence-electron chi connectivity index (χ4n) is 1.45. The Balaban J connectivity index is 2.80. The van der Waals surface area contributed by atoms with Gasteiger partial charge in [0.2, 0.25) is 10.0 Å². The Morgan fingerprint density at radius 3 is 2.61 bits per heavy atom. The first kappa shape index (κ1) is 14.7. The average Bonchev–Trinajstić information content (AvgIpc) is 2.27. The summed E-state index contributed by atoms with van der Waals surface area (Å²) in [6, 6.07) is 4.43. The lowest BCUT2D eigenvalue weighted by Gasteiger charge is -2.16. The first-order valence-corrected chi connectivity index (χ1v) is 7.15. The van der Waals surface area contributed by atoms with Gasteiger partial charge < -0.3 is 15.8 Å². The van der Waals surface area contributed by atoms with Gasteiger partial charge in [-0.05, 0) is 32.0 Å². The molecule has 0 amide bonds. The third-order valence-corrected chi connectivity index (χ3v) is 3.24. The summed E-state index contributed by atoms with van der Waals surface area (Å²) >= 11 is 0. The van der Waals surface area contributed by atoms with Crippen LogP contribution in [0, 0.1) is 0 Å². The summed E-state index contributed by atoms with van der Waals surface area (Å²) in [7, 11) is -3.72. The van der Waals surface area contributed by atoms with Crippen molar-refractivity contribution in [3.63, 3.8) is 0 Å². The summed E-state index contributed by atoms with van der Waals surface area (Å²) in [5.41, 5.74) is 6.77. The molecule has 0 spiro atoms. The maximum absolute atomic E-state index is 11.1. The van der Waals surface area contributed by atoms with Gasteiger partial charge in [0.05, 0.1) is 22.9 Å². The highest BCUT2D eigenvalue weighted by Gasteiger charge is 2.11. The molecular weight excluding hydrogens is 254 g/mol. The van der Waals surface area contributed by atoms with Crippen molar-refractivity contribution in [2.75, 3.05) is 24.3 Å². The molecule has 0 heterocycles. The number of hydrogen-bond acceptors (Lipinski definition) is 5. The molecule has 7 heteroatoms. The topological polar surface area (TPSA) is 107 Å². The molecule has 0 bridgehead atoms. The predicted octanol–water partition coefficient (Wildman–Crippen LogP) is 0.753. The molecule has 0 aliphatic rings. The first-order chi connectivity index (χ1) is 8.34. The Hall–Kier alpha value is -1.31. The smallest absolute Gasteiger partial charge is 0.238 e. The molecule has 0 aromatic heterocycles. The number of ether oxygens (including phenoxy) is 1. The van der Waals surface area contributed by atoms with E-state index >= 15 is 0 Å². The van der Waals surface area contributed by atoms with Gasteiger partial charge in [0.15, 0.2) is 0 Å². The van der Waals surface area contributed by atoms with Crippen molar-refractivity contribution in [1.29, 1.82) is 0 Å². The van der Waals surface area contributed by atoms with E-state index in [4.69, 9.17) is 15.6 Å². The Bertz CT molecular complexity index is 502. The van der Waals surface area contributed by atoms with Gasteiger partial charge >= 0.3 is 0 Å². The van der Waals surface area contributed by atoms with E-state index in [1.807, 2.05) is 13.8 Å². The number of rotatable bonds is 6. The van der Waals surface area contributed by atoms with Crippen molar-refractivity contribution >= 4 is 21.4 Å². The van der Waals surface area contributed by atoms with Crippen LogP contribution in [-0.2, 0) is 14.8 Å². The lowest BCUT2D eigenvalue weighted by Crippen LogP contribution is -2.22. The number of nitrogens with two attached hydrogens (primary N) is 2. The fraction of sp³-hybridized carbons (Fsp3) is 0.455. The lowest BCUT2D eigenvalue weighted by atomic mass is 10.2. The van der Waals surface area contributed by atoms with E-state index in [-0.39, 0.29) is 10.9 Å². The van der Waals surface area contributed by atoms with E-state index in [0.29, 0.717) is 24.6 Å². The molecule has 0 aliphatic carbocycles. The van der Waals surface area contributed by atoms with Crippen LogP contribution in [0.1, 0.15) is 13.8 Å². The van der Waals surface area contributed by atoms with Gasteiger partial charge in [-0.1, -0.05) is 0 Å². The summed E-state index contributed by atoms with van der Waals surface area (Å²) in [5, 5.41) is 8.16. The lowest BCUT2D eigenvalue weighted by molar-refractivity contribution is 0.141. The molecule has 1 rings (SSSR count). The van der Waals surface area contributed by atoms with Crippen LogP contribution in [0.4, 0.5) is 11.4 Å². The fourth-order valence-corrected chi connectivity index (χ4v) is 2.00. The summed E-state index contributed by atoms with van der Waals surface area (Å²) in [4.78, 5) is 0.00279. The van der Waals surface area contributed by atoms with E-state index in [2.05, 4.69) is 5.32 Å².